The van der Waals surface area contributed by atoms with Crippen LogP contribution >= 0.6 is 0 Å². The van der Waals surface area contributed by atoms with E-state index in [2.05, 4.69) is 5.16 Å². The molecule has 20 heavy (non-hydrogen) atoms. The molecule has 0 bridgehead atoms. The summed E-state index contributed by atoms with van der Waals surface area (Å²) < 4.78 is 5.38. The van der Waals surface area contributed by atoms with E-state index in [1.807, 2.05) is 45.0 Å². The predicted molar refractivity (Wildman–Crippen MR) is 79.9 cm³/mol. The molecule has 0 heterocycles. The fraction of sp³-hybridized carbons (Fsp3) is 0.312. The summed E-state index contributed by atoms with van der Waals surface area (Å²) in [6.07, 6.45) is 0. The Morgan fingerprint density at radius 3 is 2.25 bits per heavy atom. The minimum absolute atomic E-state index is 0.101. The van der Waals surface area contributed by atoms with E-state index in [0.29, 0.717) is 22.4 Å². The smallest absolute Gasteiger partial charge is 0.132 e. The largest absolute Gasteiger partial charge is 0.507 e. The third-order valence-corrected chi connectivity index (χ3v) is 3.26. The number of rotatable bonds is 2. The van der Waals surface area contributed by atoms with Crippen LogP contribution in [0, 0.1) is 5.41 Å². The van der Waals surface area contributed by atoms with Crippen molar-refractivity contribution in [2.45, 2.75) is 20.8 Å². The zero-order valence-electron chi connectivity index (χ0n) is 12.1. The van der Waals surface area contributed by atoms with Crippen LogP contribution in [0.25, 0.3) is 10.8 Å². The van der Waals surface area contributed by atoms with Gasteiger partial charge in [0.25, 0.3) is 0 Å². The summed E-state index contributed by atoms with van der Waals surface area (Å²) in [5.41, 5.74) is 0.495. The Balaban J connectivity index is 2.82. The molecule has 0 saturated heterocycles. The first-order valence-electron chi connectivity index (χ1n) is 6.41. The molecule has 4 heteroatoms. The zero-order valence-corrected chi connectivity index (χ0v) is 12.1. The van der Waals surface area contributed by atoms with Crippen molar-refractivity contribution in [3.63, 3.8) is 0 Å². The van der Waals surface area contributed by atoms with Crippen LogP contribution in [0.15, 0.2) is 35.5 Å². The van der Waals surface area contributed by atoms with Gasteiger partial charge in [-0.15, -0.1) is 0 Å². The summed E-state index contributed by atoms with van der Waals surface area (Å²) >= 11 is 0. The van der Waals surface area contributed by atoms with Crippen LogP contribution in [0.1, 0.15) is 26.3 Å². The molecule has 106 valence electrons. The lowest BCUT2D eigenvalue weighted by Gasteiger charge is -2.22. The van der Waals surface area contributed by atoms with Crippen molar-refractivity contribution in [2.75, 3.05) is 7.11 Å². The highest BCUT2D eigenvalue weighted by Crippen LogP contribution is 2.38. The number of benzene rings is 2. The molecular weight excluding hydrogens is 254 g/mol. The molecule has 0 atom stereocenters. The van der Waals surface area contributed by atoms with E-state index < -0.39 is 5.41 Å². The lowest BCUT2D eigenvalue weighted by molar-refractivity contribution is 0.311. The zero-order chi connectivity index (χ0) is 14.9. The Morgan fingerprint density at radius 2 is 1.75 bits per heavy atom. The van der Waals surface area contributed by atoms with Crippen LogP contribution in [-0.4, -0.2) is 23.1 Å². The number of phenolic OH excluding ortho intramolecular Hbond substituents is 1. The predicted octanol–water partition coefficient (Wildman–Crippen LogP) is 3.78. The first kappa shape index (κ1) is 14.2. The van der Waals surface area contributed by atoms with Crippen molar-refractivity contribution >= 4 is 16.5 Å². The molecule has 0 spiro atoms. The van der Waals surface area contributed by atoms with Crippen LogP contribution in [0.3, 0.4) is 0 Å². The number of hydrogen-bond donors (Lipinski definition) is 2. The molecule has 2 N–H and O–H groups in total. The fourth-order valence-corrected chi connectivity index (χ4v) is 2.28. The topological polar surface area (TPSA) is 62.0 Å². The highest BCUT2D eigenvalue weighted by atomic mass is 16.5. The first-order chi connectivity index (χ1) is 9.40. The fourth-order valence-electron chi connectivity index (χ4n) is 2.28. The van der Waals surface area contributed by atoms with E-state index >= 15 is 0 Å². The molecule has 2 aromatic carbocycles. The van der Waals surface area contributed by atoms with Gasteiger partial charge in [0.05, 0.1) is 12.8 Å². The third kappa shape index (κ3) is 2.29. The molecule has 0 aliphatic heterocycles. The molecule has 0 fully saturated rings. The average molecular weight is 273 g/mol. The molecule has 2 aromatic rings. The van der Waals surface area contributed by atoms with Crippen molar-refractivity contribution in [1.82, 2.24) is 0 Å². The number of hydrogen-bond acceptors (Lipinski definition) is 4. The van der Waals surface area contributed by atoms with Gasteiger partial charge in [0, 0.05) is 21.8 Å². The molecule has 2 rings (SSSR count). The molecule has 0 aliphatic carbocycles. The van der Waals surface area contributed by atoms with Crippen molar-refractivity contribution < 1.29 is 15.1 Å². The van der Waals surface area contributed by atoms with E-state index in [1.165, 1.54) is 0 Å². The number of aromatic hydroxyl groups is 1. The van der Waals surface area contributed by atoms with E-state index in [4.69, 9.17) is 4.74 Å². The van der Waals surface area contributed by atoms with Gasteiger partial charge in [0.2, 0.25) is 0 Å². The summed E-state index contributed by atoms with van der Waals surface area (Å²) in [5, 5.41) is 24.7. The van der Waals surface area contributed by atoms with Crippen LogP contribution in [0.4, 0.5) is 0 Å². The van der Waals surface area contributed by atoms with Crippen molar-refractivity contribution in [3.05, 3.63) is 35.9 Å². The van der Waals surface area contributed by atoms with Gasteiger partial charge in [-0.2, -0.15) is 0 Å². The molecule has 4 nitrogen and oxygen atoms in total. The molecule has 0 aromatic heterocycles. The standard InChI is InChI=1S/C16H19NO3/c1-16(2,3)15(17-19)12-9-13(20-4)10-7-5-6-8-11(10)14(12)18/h5-9,18-19H,1-4H3. The Kier molecular flexibility index (Phi) is 3.57. The Bertz CT molecular complexity index is 669. The number of fused-ring (bicyclic) bond motifs is 1. The van der Waals surface area contributed by atoms with Gasteiger partial charge in [-0.1, -0.05) is 50.2 Å². The Hall–Kier alpha value is -2.23. The number of methoxy groups -OCH3 is 1. The van der Waals surface area contributed by atoms with E-state index in [0.717, 1.165) is 5.39 Å². The maximum Gasteiger partial charge on any atom is 0.132 e. The van der Waals surface area contributed by atoms with Crippen molar-refractivity contribution in [2.24, 2.45) is 10.6 Å². The van der Waals surface area contributed by atoms with Crippen LogP contribution in [-0.2, 0) is 0 Å². The Morgan fingerprint density at radius 1 is 1.15 bits per heavy atom. The molecule has 0 amide bonds. The van der Waals surface area contributed by atoms with Gasteiger partial charge in [-0.3, -0.25) is 0 Å². The number of ether oxygens (including phenoxy) is 1. The third-order valence-electron chi connectivity index (χ3n) is 3.26. The second-order valence-corrected chi connectivity index (χ2v) is 5.72. The van der Waals surface area contributed by atoms with E-state index in [1.54, 1.807) is 13.2 Å². The van der Waals surface area contributed by atoms with Crippen LogP contribution in [0.5, 0.6) is 11.5 Å². The summed E-state index contributed by atoms with van der Waals surface area (Å²) in [6.45, 7) is 5.76. The van der Waals surface area contributed by atoms with Gasteiger partial charge >= 0.3 is 0 Å². The Labute approximate surface area is 118 Å². The second kappa shape index (κ2) is 5.04. The van der Waals surface area contributed by atoms with Crippen LogP contribution in [0.2, 0.25) is 0 Å². The number of nitrogens with zero attached hydrogens (tertiary/aromatic N) is 1. The average Bonchev–Trinajstić information content (AvgIpc) is 2.41. The van der Waals surface area contributed by atoms with Crippen molar-refractivity contribution in [3.8, 4) is 11.5 Å². The second-order valence-electron chi connectivity index (χ2n) is 5.72. The summed E-state index contributed by atoms with van der Waals surface area (Å²) in [5.74, 6) is 0.739. The molecule has 0 aliphatic rings. The van der Waals surface area contributed by atoms with Gasteiger partial charge in [-0.05, 0) is 6.07 Å². The van der Waals surface area contributed by atoms with E-state index in [-0.39, 0.29) is 5.75 Å². The summed E-state index contributed by atoms with van der Waals surface area (Å²) in [7, 11) is 1.58. The monoisotopic (exact) mass is 273 g/mol. The number of phenols is 1. The summed E-state index contributed by atoms with van der Waals surface area (Å²) in [4.78, 5) is 0. The normalized spacial score (nSPS) is 12.7. The quantitative estimate of drug-likeness (QED) is 0.497. The minimum Gasteiger partial charge on any atom is -0.507 e. The maximum absolute atomic E-state index is 10.5. The lowest BCUT2D eigenvalue weighted by Crippen LogP contribution is -2.21. The van der Waals surface area contributed by atoms with Crippen molar-refractivity contribution in [1.29, 1.82) is 0 Å². The molecule has 0 saturated carbocycles. The summed E-state index contributed by atoms with van der Waals surface area (Å²) in [6, 6.07) is 9.13. The molecule has 0 unspecified atom stereocenters. The minimum atomic E-state index is -0.403. The van der Waals surface area contributed by atoms with Gasteiger partial charge < -0.3 is 15.1 Å². The molecule has 0 radical (unpaired) electrons. The lowest BCUT2D eigenvalue weighted by atomic mass is 9.84. The van der Waals surface area contributed by atoms with Gasteiger partial charge in [-0.25, -0.2) is 0 Å². The highest BCUT2D eigenvalue weighted by molar-refractivity contribution is 6.11. The highest BCUT2D eigenvalue weighted by Gasteiger charge is 2.26. The SMILES string of the molecule is COc1cc(C(=NO)C(C)(C)C)c(O)c2ccccc12. The maximum atomic E-state index is 10.5. The van der Waals surface area contributed by atoms with E-state index in [9.17, 15) is 10.3 Å². The van der Waals surface area contributed by atoms with Gasteiger partial charge in [0.1, 0.15) is 11.5 Å². The first-order valence-corrected chi connectivity index (χ1v) is 6.41. The molecular formula is C16H19NO3. The van der Waals surface area contributed by atoms with Gasteiger partial charge in [0.15, 0.2) is 0 Å². The van der Waals surface area contributed by atoms with Crippen LogP contribution < -0.4 is 4.74 Å². The number of oxime groups is 1.